The van der Waals surface area contributed by atoms with Gasteiger partial charge >= 0.3 is 0 Å². The summed E-state index contributed by atoms with van der Waals surface area (Å²) in [5.41, 5.74) is 0.0468. The van der Waals surface area contributed by atoms with E-state index in [0.29, 0.717) is 43.1 Å². The number of tetrazole rings is 1. The third kappa shape index (κ3) is 4.21. The fourth-order valence-electron chi connectivity index (χ4n) is 2.77. The standard InChI is InChI=1S/C16H22N8O2S/c1-11-18-12(9-17)14(26-11)23-7-5-22(6-8-23)13(25)10-27-15-19-20-21-24(15)16(2,3)4/h5-8,10H2,1-4H3. The van der Waals surface area contributed by atoms with Crippen LogP contribution >= 0.6 is 11.8 Å². The van der Waals surface area contributed by atoms with Crippen LogP contribution in [0.25, 0.3) is 0 Å². The van der Waals surface area contributed by atoms with Gasteiger partial charge in [-0.05, 0) is 31.2 Å². The van der Waals surface area contributed by atoms with E-state index in [1.54, 1.807) is 11.6 Å². The van der Waals surface area contributed by atoms with Gasteiger partial charge in [0.2, 0.25) is 22.6 Å². The van der Waals surface area contributed by atoms with E-state index in [9.17, 15) is 4.79 Å². The highest BCUT2D eigenvalue weighted by Gasteiger charge is 2.27. The van der Waals surface area contributed by atoms with Crippen LogP contribution in [0.15, 0.2) is 9.57 Å². The first-order valence-corrected chi connectivity index (χ1v) is 9.60. The van der Waals surface area contributed by atoms with Crippen LogP contribution in [0.2, 0.25) is 0 Å². The fourth-order valence-corrected chi connectivity index (χ4v) is 3.73. The van der Waals surface area contributed by atoms with Crippen LogP contribution in [0.3, 0.4) is 0 Å². The van der Waals surface area contributed by atoms with Crippen molar-refractivity contribution in [2.45, 2.75) is 38.4 Å². The number of rotatable bonds is 4. The maximum absolute atomic E-state index is 12.5. The Morgan fingerprint density at radius 3 is 2.63 bits per heavy atom. The molecule has 3 heterocycles. The number of nitriles is 1. The molecule has 3 rings (SSSR count). The number of anilines is 1. The summed E-state index contributed by atoms with van der Waals surface area (Å²) >= 11 is 1.34. The second kappa shape index (κ2) is 7.56. The van der Waals surface area contributed by atoms with Crippen molar-refractivity contribution in [2.24, 2.45) is 0 Å². The predicted molar refractivity (Wildman–Crippen MR) is 98.3 cm³/mol. The van der Waals surface area contributed by atoms with Crippen LogP contribution in [-0.2, 0) is 10.3 Å². The van der Waals surface area contributed by atoms with E-state index in [1.807, 2.05) is 36.6 Å². The van der Waals surface area contributed by atoms with Gasteiger partial charge in [0.05, 0.1) is 11.3 Å². The van der Waals surface area contributed by atoms with Gasteiger partial charge in [-0.2, -0.15) is 5.26 Å². The van der Waals surface area contributed by atoms with Gasteiger partial charge in [-0.25, -0.2) is 9.67 Å². The molecule has 1 fully saturated rings. The van der Waals surface area contributed by atoms with Gasteiger partial charge in [-0.15, -0.1) is 5.10 Å². The monoisotopic (exact) mass is 390 g/mol. The SMILES string of the molecule is Cc1nc(C#N)c(N2CCN(C(=O)CSc3nnnn3C(C)(C)C)CC2)o1. The van der Waals surface area contributed by atoms with Crippen molar-refractivity contribution in [3.05, 3.63) is 11.6 Å². The van der Waals surface area contributed by atoms with Crippen LogP contribution in [0.1, 0.15) is 32.4 Å². The van der Waals surface area contributed by atoms with Crippen molar-refractivity contribution in [2.75, 3.05) is 36.8 Å². The van der Waals surface area contributed by atoms with E-state index < -0.39 is 0 Å². The van der Waals surface area contributed by atoms with Crippen LogP contribution in [0, 0.1) is 18.3 Å². The van der Waals surface area contributed by atoms with Gasteiger partial charge in [-0.1, -0.05) is 11.8 Å². The lowest BCUT2D eigenvalue weighted by Gasteiger charge is -2.34. The molecule has 0 bridgehead atoms. The van der Waals surface area contributed by atoms with Crippen molar-refractivity contribution >= 4 is 23.6 Å². The highest BCUT2D eigenvalue weighted by Crippen LogP contribution is 2.24. The van der Waals surface area contributed by atoms with Gasteiger partial charge in [0.15, 0.2) is 5.89 Å². The molecule has 0 aliphatic carbocycles. The van der Waals surface area contributed by atoms with Crippen LogP contribution < -0.4 is 4.90 Å². The molecule has 144 valence electrons. The zero-order chi connectivity index (χ0) is 19.6. The van der Waals surface area contributed by atoms with Crippen LogP contribution in [0.4, 0.5) is 5.88 Å². The molecular formula is C16H22N8O2S. The van der Waals surface area contributed by atoms with Gasteiger partial charge < -0.3 is 14.2 Å². The molecule has 11 heteroatoms. The normalized spacial score (nSPS) is 15.1. The van der Waals surface area contributed by atoms with Crippen molar-refractivity contribution in [1.29, 1.82) is 5.26 Å². The number of piperazine rings is 1. The smallest absolute Gasteiger partial charge is 0.234 e. The molecule has 0 atom stereocenters. The highest BCUT2D eigenvalue weighted by atomic mass is 32.2. The average Bonchev–Trinajstić information content (AvgIpc) is 3.25. The number of hydrogen-bond acceptors (Lipinski definition) is 9. The molecule has 1 aliphatic heterocycles. The summed E-state index contributed by atoms with van der Waals surface area (Å²) in [4.78, 5) is 20.4. The predicted octanol–water partition coefficient (Wildman–Crippen LogP) is 1.04. The number of oxazole rings is 1. The molecule has 2 aromatic heterocycles. The van der Waals surface area contributed by atoms with Crippen molar-refractivity contribution in [3.63, 3.8) is 0 Å². The number of hydrogen-bond donors (Lipinski definition) is 0. The Labute approximate surface area is 161 Å². The molecule has 1 amide bonds. The molecular weight excluding hydrogens is 368 g/mol. The molecule has 0 unspecified atom stereocenters. The van der Waals surface area contributed by atoms with E-state index in [0.717, 1.165) is 0 Å². The first kappa shape index (κ1) is 19.2. The Morgan fingerprint density at radius 1 is 1.30 bits per heavy atom. The minimum absolute atomic E-state index is 0.0392. The van der Waals surface area contributed by atoms with Gasteiger partial charge in [-0.3, -0.25) is 4.79 Å². The molecule has 0 aromatic carbocycles. The summed E-state index contributed by atoms with van der Waals surface area (Å²) in [6.45, 7) is 10.1. The van der Waals surface area contributed by atoms with E-state index in [1.165, 1.54) is 11.8 Å². The zero-order valence-electron chi connectivity index (χ0n) is 15.8. The first-order valence-electron chi connectivity index (χ1n) is 8.61. The summed E-state index contributed by atoms with van der Waals surface area (Å²) in [7, 11) is 0. The largest absolute Gasteiger partial charge is 0.424 e. The third-order valence-corrected chi connectivity index (χ3v) is 5.05. The molecule has 1 saturated heterocycles. The Kier molecular flexibility index (Phi) is 5.36. The summed E-state index contributed by atoms with van der Waals surface area (Å²) in [5, 5.41) is 21.5. The van der Waals surface area contributed by atoms with Gasteiger partial charge in [0.25, 0.3) is 0 Å². The Balaban J connectivity index is 1.55. The lowest BCUT2D eigenvalue weighted by Crippen LogP contribution is -2.49. The number of carbonyl (C=O) groups is 1. The molecule has 0 N–H and O–H groups in total. The topological polar surface area (TPSA) is 117 Å². The number of aryl methyl sites for hydroxylation is 1. The minimum atomic E-state index is -0.242. The maximum atomic E-state index is 12.5. The first-order chi connectivity index (χ1) is 12.8. The molecule has 0 saturated carbocycles. The molecule has 27 heavy (non-hydrogen) atoms. The molecule has 2 aromatic rings. The second-order valence-electron chi connectivity index (χ2n) is 7.20. The number of amides is 1. The molecule has 0 spiro atoms. The summed E-state index contributed by atoms with van der Waals surface area (Å²) < 4.78 is 7.26. The van der Waals surface area contributed by atoms with E-state index >= 15 is 0 Å². The summed E-state index contributed by atoms with van der Waals surface area (Å²) in [5.74, 6) is 1.27. The van der Waals surface area contributed by atoms with E-state index in [-0.39, 0.29) is 22.9 Å². The van der Waals surface area contributed by atoms with Crippen LogP contribution in [-0.4, -0.2) is 67.9 Å². The number of aromatic nitrogens is 5. The van der Waals surface area contributed by atoms with E-state index in [2.05, 4.69) is 20.5 Å². The van der Waals surface area contributed by atoms with Crippen LogP contribution in [0.5, 0.6) is 0 Å². The number of thioether (sulfide) groups is 1. The molecule has 1 aliphatic rings. The van der Waals surface area contributed by atoms with Gasteiger partial charge in [0.1, 0.15) is 6.07 Å². The average molecular weight is 390 g/mol. The minimum Gasteiger partial charge on any atom is -0.424 e. The molecule has 0 radical (unpaired) electrons. The number of carbonyl (C=O) groups excluding carboxylic acids is 1. The second-order valence-corrected chi connectivity index (χ2v) is 8.14. The maximum Gasteiger partial charge on any atom is 0.234 e. The quantitative estimate of drug-likeness (QED) is 0.706. The Hall–Kier alpha value is -2.61. The fraction of sp³-hybridized carbons (Fsp3) is 0.625. The summed E-state index contributed by atoms with van der Waals surface area (Å²) in [6, 6.07) is 2.05. The van der Waals surface area contributed by atoms with Gasteiger partial charge in [0, 0.05) is 33.1 Å². The Morgan fingerprint density at radius 2 is 2.00 bits per heavy atom. The lowest BCUT2D eigenvalue weighted by molar-refractivity contribution is -0.128. The third-order valence-electron chi connectivity index (χ3n) is 4.14. The molecule has 10 nitrogen and oxygen atoms in total. The van der Waals surface area contributed by atoms with E-state index in [4.69, 9.17) is 9.68 Å². The van der Waals surface area contributed by atoms with Crippen molar-refractivity contribution < 1.29 is 9.21 Å². The number of nitrogens with zero attached hydrogens (tertiary/aromatic N) is 8. The lowest BCUT2D eigenvalue weighted by atomic mass is 10.1. The van der Waals surface area contributed by atoms with Crippen molar-refractivity contribution in [1.82, 2.24) is 30.1 Å². The zero-order valence-corrected chi connectivity index (χ0v) is 16.7. The summed E-state index contributed by atoms with van der Waals surface area (Å²) in [6.07, 6.45) is 0. The highest BCUT2D eigenvalue weighted by molar-refractivity contribution is 7.99. The van der Waals surface area contributed by atoms with Crippen molar-refractivity contribution in [3.8, 4) is 6.07 Å². The Bertz CT molecular complexity index is 855.